The van der Waals surface area contributed by atoms with Crippen molar-refractivity contribution in [1.82, 2.24) is 5.32 Å². The molecule has 17 heavy (non-hydrogen) atoms. The van der Waals surface area contributed by atoms with Gasteiger partial charge in [-0.25, -0.2) is 0 Å². The summed E-state index contributed by atoms with van der Waals surface area (Å²) >= 11 is 0. The highest BCUT2D eigenvalue weighted by Gasteiger charge is 2.29. The quantitative estimate of drug-likeness (QED) is 0.814. The Labute approximate surface area is 103 Å². The molecular formula is C14H21NO2. The summed E-state index contributed by atoms with van der Waals surface area (Å²) < 4.78 is 5.72. The molecule has 0 aromatic carbocycles. The lowest BCUT2D eigenvalue weighted by Gasteiger charge is -2.29. The third-order valence-corrected chi connectivity index (χ3v) is 2.65. The number of hydrogen-bond acceptors (Lipinski definition) is 2. The summed E-state index contributed by atoms with van der Waals surface area (Å²) in [5.41, 5.74) is -0.110. The first-order valence-corrected chi connectivity index (χ1v) is 5.90. The molecule has 0 aliphatic rings. The van der Waals surface area contributed by atoms with Crippen molar-refractivity contribution in [3.05, 3.63) is 36.3 Å². The summed E-state index contributed by atoms with van der Waals surface area (Å²) in [4.78, 5) is 11.4. The summed E-state index contributed by atoms with van der Waals surface area (Å²) in [5.74, 6) is 1.55. The summed E-state index contributed by atoms with van der Waals surface area (Å²) in [6.45, 7) is 11.7. The van der Waals surface area contributed by atoms with Crippen molar-refractivity contribution in [2.75, 3.05) is 0 Å². The second kappa shape index (κ2) is 5.21. The fourth-order valence-corrected chi connectivity index (χ4v) is 1.66. The Balaban J connectivity index is 2.97. The molecule has 1 aromatic rings. The molecule has 0 saturated carbocycles. The minimum absolute atomic E-state index is 0.110. The van der Waals surface area contributed by atoms with Gasteiger partial charge in [0.1, 0.15) is 11.5 Å². The molecule has 0 aliphatic carbocycles. The van der Waals surface area contributed by atoms with E-state index in [0.29, 0.717) is 0 Å². The van der Waals surface area contributed by atoms with Crippen LogP contribution in [0.25, 0.3) is 0 Å². The largest absolute Gasteiger partial charge is 0.464 e. The van der Waals surface area contributed by atoms with Crippen LogP contribution in [0.3, 0.4) is 0 Å². The van der Waals surface area contributed by atoms with Gasteiger partial charge < -0.3 is 9.73 Å². The predicted molar refractivity (Wildman–Crippen MR) is 68.6 cm³/mol. The minimum Gasteiger partial charge on any atom is -0.464 e. The van der Waals surface area contributed by atoms with Crippen LogP contribution in [0.15, 0.2) is 29.2 Å². The summed E-state index contributed by atoms with van der Waals surface area (Å²) in [7, 11) is 0. The maximum atomic E-state index is 11.4. The number of carbonyl (C=O) groups excluding carboxylic acids is 1. The predicted octanol–water partition coefficient (Wildman–Crippen LogP) is 3.23. The maximum absolute atomic E-state index is 11.4. The van der Waals surface area contributed by atoms with Crippen LogP contribution in [0.2, 0.25) is 0 Å². The SMILES string of the molecule is C=CC(=O)NC(c1ccc(CC)o1)C(C)(C)C. The Morgan fingerprint density at radius 2 is 2.18 bits per heavy atom. The normalized spacial score (nSPS) is 13.2. The third-order valence-electron chi connectivity index (χ3n) is 2.65. The van der Waals surface area contributed by atoms with Crippen LogP contribution in [0, 0.1) is 5.41 Å². The number of amides is 1. The van der Waals surface area contributed by atoms with Crippen LogP contribution in [0.4, 0.5) is 0 Å². The molecule has 0 radical (unpaired) electrons. The topological polar surface area (TPSA) is 42.2 Å². The van der Waals surface area contributed by atoms with E-state index in [9.17, 15) is 4.79 Å². The van der Waals surface area contributed by atoms with Gasteiger partial charge in [-0.3, -0.25) is 4.79 Å². The number of carbonyl (C=O) groups is 1. The molecule has 0 saturated heterocycles. The lowest BCUT2D eigenvalue weighted by Crippen LogP contribution is -2.35. The van der Waals surface area contributed by atoms with Crippen LogP contribution in [0.5, 0.6) is 0 Å². The van der Waals surface area contributed by atoms with E-state index in [0.717, 1.165) is 17.9 Å². The molecular weight excluding hydrogens is 214 g/mol. The van der Waals surface area contributed by atoms with Gasteiger partial charge in [-0.1, -0.05) is 34.3 Å². The number of aryl methyl sites for hydroxylation is 1. The van der Waals surface area contributed by atoms with Gasteiger partial charge in [-0.2, -0.15) is 0 Å². The molecule has 1 atom stereocenters. The monoisotopic (exact) mass is 235 g/mol. The van der Waals surface area contributed by atoms with Crippen molar-refractivity contribution in [3.63, 3.8) is 0 Å². The van der Waals surface area contributed by atoms with Crippen LogP contribution in [-0.2, 0) is 11.2 Å². The van der Waals surface area contributed by atoms with Crippen molar-refractivity contribution in [2.24, 2.45) is 5.41 Å². The van der Waals surface area contributed by atoms with Crippen molar-refractivity contribution in [2.45, 2.75) is 40.2 Å². The molecule has 0 bridgehead atoms. The van der Waals surface area contributed by atoms with Gasteiger partial charge >= 0.3 is 0 Å². The maximum Gasteiger partial charge on any atom is 0.243 e. The van der Waals surface area contributed by atoms with Crippen LogP contribution >= 0.6 is 0 Å². The lowest BCUT2D eigenvalue weighted by molar-refractivity contribution is -0.118. The Morgan fingerprint density at radius 3 is 2.59 bits per heavy atom. The first-order valence-electron chi connectivity index (χ1n) is 5.90. The molecule has 1 heterocycles. The molecule has 3 nitrogen and oxygen atoms in total. The molecule has 1 aromatic heterocycles. The van der Waals surface area contributed by atoms with Gasteiger partial charge in [-0.05, 0) is 23.6 Å². The van der Waals surface area contributed by atoms with Crippen molar-refractivity contribution in [1.29, 1.82) is 0 Å². The molecule has 0 spiro atoms. The van der Waals surface area contributed by atoms with E-state index < -0.39 is 0 Å². The number of nitrogens with one attached hydrogen (secondary N) is 1. The zero-order chi connectivity index (χ0) is 13.1. The third kappa shape index (κ3) is 3.48. The lowest BCUT2D eigenvalue weighted by atomic mass is 9.85. The van der Waals surface area contributed by atoms with E-state index in [1.54, 1.807) is 0 Å². The van der Waals surface area contributed by atoms with E-state index in [1.165, 1.54) is 6.08 Å². The van der Waals surface area contributed by atoms with E-state index in [1.807, 2.05) is 19.1 Å². The van der Waals surface area contributed by atoms with Gasteiger partial charge in [-0.15, -0.1) is 0 Å². The van der Waals surface area contributed by atoms with Gasteiger partial charge in [0.05, 0.1) is 6.04 Å². The Hall–Kier alpha value is -1.51. The first kappa shape index (κ1) is 13.6. The highest BCUT2D eigenvalue weighted by atomic mass is 16.3. The number of hydrogen-bond donors (Lipinski definition) is 1. The van der Waals surface area contributed by atoms with E-state index in [-0.39, 0.29) is 17.4 Å². The molecule has 3 heteroatoms. The van der Waals surface area contributed by atoms with E-state index in [2.05, 4.69) is 32.7 Å². The van der Waals surface area contributed by atoms with Crippen LogP contribution < -0.4 is 5.32 Å². The first-order chi connectivity index (χ1) is 7.88. The Morgan fingerprint density at radius 1 is 1.53 bits per heavy atom. The van der Waals surface area contributed by atoms with Crippen molar-refractivity contribution < 1.29 is 9.21 Å². The van der Waals surface area contributed by atoms with Gasteiger partial charge in [0.2, 0.25) is 5.91 Å². The Kier molecular flexibility index (Phi) is 4.16. The van der Waals surface area contributed by atoms with Crippen molar-refractivity contribution in [3.8, 4) is 0 Å². The molecule has 0 fully saturated rings. The van der Waals surface area contributed by atoms with Crippen LogP contribution in [0.1, 0.15) is 45.3 Å². The second-order valence-electron chi connectivity index (χ2n) is 5.17. The van der Waals surface area contributed by atoms with E-state index in [4.69, 9.17) is 4.42 Å². The van der Waals surface area contributed by atoms with Gasteiger partial charge in [0.15, 0.2) is 0 Å². The molecule has 94 valence electrons. The van der Waals surface area contributed by atoms with Gasteiger partial charge in [0.25, 0.3) is 0 Å². The molecule has 1 N–H and O–H groups in total. The zero-order valence-corrected chi connectivity index (χ0v) is 11.0. The zero-order valence-electron chi connectivity index (χ0n) is 11.0. The highest BCUT2D eigenvalue weighted by molar-refractivity contribution is 5.87. The molecule has 1 unspecified atom stereocenters. The highest BCUT2D eigenvalue weighted by Crippen LogP contribution is 2.33. The average Bonchev–Trinajstić information content (AvgIpc) is 2.71. The molecule has 0 aliphatic heterocycles. The van der Waals surface area contributed by atoms with Crippen LogP contribution in [-0.4, -0.2) is 5.91 Å². The summed E-state index contributed by atoms with van der Waals surface area (Å²) in [6, 6.07) is 3.74. The fraction of sp³-hybridized carbons (Fsp3) is 0.500. The second-order valence-corrected chi connectivity index (χ2v) is 5.17. The smallest absolute Gasteiger partial charge is 0.243 e. The van der Waals surface area contributed by atoms with Crippen molar-refractivity contribution >= 4 is 5.91 Å². The number of rotatable bonds is 4. The summed E-state index contributed by atoms with van der Waals surface area (Å²) in [5, 5.41) is 2.91. The molecule has 1 amide bonds. The molecule has 1 rings (SSSR count). The number of furan rings is 1. The standard InChI is InChI=1S/C14H21NO2/c1-6-10-8-9-11(17-10)13(14(3,4)5)15-12(16)7-2/h7-9,13H,2,6H2,1,3-5H3,(H,15,16). The van der Waals surface area contributed by atoms with Gasteiger partial charge in [0, 0.05) is 6.42 Å². The van der Waals surface area contributed by atoms with E-state index >= 15 is 0 Å². The Bertz CT molecular complexity index is 399. The fourth-order valence-electron chi connectivity index (χ4n) is 1.66. The summed E-state index contributed by atoms with van der Waals surface area (Å²) in [6.07, 6.45) is 2.13. The minimum atomic E-state index is -0.181. The average molecular weight is 235 g/mol.